The third-order valence-electron chi connectivity index (χ3n) is 1.57. The van der Waals surface area contributed by atoms with Gasteiger partial charge in [0.25, 0.3) is 5.91 Å². The van der Waals surface area contributed by atoms with E-state index in [1.54, 1.807) is 6.07 Å². The van der Waals surface area contributed by atoms with Gasteiger partial charge < -0.3 is 5.73 Å². The molecule has 2 N–H and O–H groups in total. The molecule has 1 unspecified atom stereocenters. The third-order valence-corrected chi connectivity index (χ3v) is 1.88. The van der Waals surface area contributed by atoms with Crippen LogP contribution in [0.4, 0.5) is 0 Å². The van der Waals surface area contributed by atoms with Crippen molar-refractivity contribution in [3.05, 3.63) is 29.5 Å². The van der Waals surface area contributed by atoms with Crippen LogP contribution in [-0.4, -0.2) is 10.9 Å². The van der Waals surface area contributed by atoms with Gasteiger partial charge >= 0.3 is 0 Å². The zero-order valence-corrected chi connectivity index (χ0v) is 8.47. The van der Waals surface area contributed by atoms with Crippen molar-refractivity contribution in [1.29, 1.82) is 0 Å². The van der Waals surface area contributed by atoms with Crippen molar-refractivity contribution in [3.63, 3.8) is 0 Å². The quantitative estimate of drug-likeness (QED) is 0.705. The van der Waals surface area contributed by atoms with Gasteiger partial charge in [-0.15, -0.1) is 0 Å². The first-order valence-corrected chi connectivity index (χ1v) is 4.41. The Kier molecular flexibility index (Phi) is 3.15. The molecule has 1 heterocycles. The second-order valence-electron chi connectivity index (χ2n) is 2.56. The monoisotopic (exact) mass is 194 g/mol. The van der Waals surface area contributed by atoms with Gasteiger partial charge in [0, 0.05) is 6.20 Å². The highest BCUT2D eigenvalue weighted by atomic mass is 31.0. The minimum absolute atomic E-state index is 0.448. The van der Waals surface area contributed by atoms with E-state index in [0.29, 0.717) is 5.56 Å². The molecule has 1 amide bonds. The van der Waals surface area contributed by atoms with E-state index in [0.717, 1.165) is 11.0 Å². The van der Waals surface area contributed by atoms with Crippen LogP contribution in [0.25, 0.3) is 6.08 Å². The summed E-state index contributed by atoms with van der Waals surface area (Å²) in [7, 11) is 2.47. The molecular weight excluding hydrogens is 183 g/mol. The standard InChI is InChI=1S/C9H11N2OP/c1-2-3-6-4-8(13)11-5-7(6)9(10)12/h2-5H,13H2,1H3,(H2,10,12)/b3-2-. The minimum Gasteiger partial charge on any atom is -0.366 e. The lowest BCUT2D eigenvalue weighted by atomic mass is 10.1. The van der Waals surface area contributed by atoms with Crippen molar-refractivity contribution in [2.45, 2.75) is 6.92 Å². The lowest BCUT2D eigenvalue weighted by Gasteiger charge is -2.01. The molecule has 0 bridgehead atoms. The van der Waals surface area contributed by atoms with Crippen LogP contribution in [0, 0.1) is 0 Å². The molecule has 0 saturated heterocycles. The van der Waals surface area contributed by atoms with Crippen LogP contribution >= 0.6 is 9.24 Å². The molecule has 0 radical (unpaired) electrons. The number of primary amides is 1. The second kappa shape index (κ2) is 4.15. The average Bonchev–Trinajstić information content (AvgIpc) is 2.04. The highest BCUT2D eigenvalue weighted by molar-refractivity contribution is 7.26. The number of allylic oxidation sites excluding steroid dienone is 1. The number of nitrogens with two attached hydrogens (primary N) is 1. The van der Waals surface area contributed by atoms with Gasteiger partial charge in [-0.2, -0.15) is 0 Å². The fraction of sp³-hybridized carbons (Fsp3) is 0.111. The maximum Gasteiger partial charge on any atom is 0.250 e. The molecule has 0 aromatic carbocycles. The lowest BCUT2D eigenvalue weighted by Crippen LogP contribution is -2.15. The van der Waals surface area contributed by atoms with E-state index in [2.05, 4.69) is 14.2 Å². The number of hydrogen-bond donors (Lipinski definition) is 1. The van der Waals surface area contributed by atoms with Crippen molar-refractivity contribution in [2.24, 2.45) is 5.73 Å². The number of carbonyl (C=O) groups is 1. The van der Waals surface area contributed by atoms with Gasteiger partial charge in [-0.05, 0) is 18.6 Å². The zero-order chi connectivity index (χ0) is 9.84. The average molecular weight is 194 g/mol. The maximum absolute atomic E-state index is 10.9. The molecule has 13 heavy (non-hydrogen) atoms. The minimum atomic E-state index is -0.453. The van der Waals surface area contributed by atoms with Crippen molar-refractivity contribution < 1.29 is 4.79 Å². The number of aromatic nitrogens is 1. The van der Waals surface area contributed by atoms with E-state index in [9.17, 15) is 4.79 Å². The van der Waals surface area contributed by atoms with Crippen molar-refractivity contribution >= 4 is 26.7 Å². The normalized spacial score (nSPS) is 10.6. The van der Waals surface area contributed by atoms with Crippen LogP contribution in [0.2, 0.25) is 0 Å². The van der Waals surface area contributed by atoms with Gasteiger partial charge in [-0.1, -0.05) is 21.4 Å². The first kappa shape index (κ1) is 9.87. The summed E-state index contributed by atoms with van der Waals surface area (Å²) < 4.78 is 0. The Morgan fingerprint density at radius 2 is 2.38 bits per heavy atom. The highest BCUT2D eigenvalue weighted by Gasteiger charge is 2.05. The van der Waals surface area contributed by atoms with Gasteiger partial charge in [-0.3, -0.25) is 9.78 Å². The topological polar surface area (TPSA) is 56.0 Å². The molecule has 3 nitrogen and oxygen atoms in total. The van der Waals surface area contributed by atoms with Gasteiger partial charge in [0.15, 0.2) is 0 Å². The zero-order valence-electron chi connectivity index (χ0n) is 7.32. The SMILES string of the molecule is C/C=C\c1cc(P)ncc1C(N)=O. The predicted octanol–water partition coefficient (Wildman–Crippen LogP) is 0.714. The summed E-state index contributed by atoms with van der Waals surface area (Å²) in [6.45, 7) is 1.88. The molecule has 0 spiro atoms. The van der Waals surface area contributed by atoms with Crippen LogP contribution in [-0.2, 0) is 0 Å². The number of rotatable bonds is 2. The Labute approximate surface area is 79.3 Å². The van der Waals surface area contributed by atoms with Gasteiger partial charge in [0.2, 0.25) is 0 Å². The summed E-state index contributed by atoms with van der Waals surface area (Å²) >= 11 is 0. The molecule has 0 aliphatic heterocycles. The predicted molar refractivity (Wildman–Crippen MR) is 56.8 cm³/mol. The van der Waals surface area contributed by atoms with E-state index < -0.39 is 5.91 Å². The summed E-state index contributed by atoms with van der Waals surface area (Å²) in [6, 6.07) is 1.80. The fourth-order valence-corrected chi connectivity index (χ4v) is 1.27. The summed E-state index contributed by atoms with van der Waals surface area (Å²) in [4.78, 5) is 14.9. The Morgan fingerprint density at radius 1 is 1.69 bits per heavy atom. The smallest absolute Gasteiger partial charge is 0.250 e. The number of amides is 1. The summed E-state index contributed by atoms with van der Waals surface area (Å²) in [5.41, 5.74) is 7.21. The van der Waals surface area contributed by atoms with Gasteiger partial charge in [0.05, 0.1) is 11.0 Å². The van der Waals surface area contributed by atoms with Gasteiger partial charge in [0.1, 0.15) is 0 Å². The van der Waals surface area contributed by atoms with Crippen molar-refractivity contribution in [1.82, 2.24) is 4.98 Å². The molecule has 68 valence electrons. The molecule has 4 heteroatoms. The largest absolute Gasteiger partial charge is 0.366 e. The van der Waals surface area contributed by atoms with Gasteiger partial charge in [-0.25, -0.2) is 0 Å². The first-order chi connectivity index (χ1) is 6.15. The number of carbonyl (C=O) groups excluding carboxylic acids is 1. The van der Waals surface area contributed by atoms with E-state index in [1.165, 1.54) is 6.20 Å². The molecule has 1 rings (SSSR count). The number of hydrogen-bond acceptors (Lipinski definition) is 2. The summed E-state index contributed by atoms with van der Waals surface area (Å²) in [5, 5.41) is 0. The molecule has 0 aliphatic rings. The Morgan fingerprint density at radius 3 is 2.92 bits per heavy atom. The molecule has 1 atom stereocenters. The van der Waals surface area contributed by atoms with Crippen LogP contribution in [0.1, 0.15) is 22.8 Å². The van der Waals surface area contributed by atoms with Crippen LogP contribution in [0.3, 0.4) is 0 Å². The molecule has 1 aromatic rings. The Bertz CT molecular complexity index is 361. The summed E-state index contributed by atoms with van der Waals surface area (Å²) in [6.07, 6.45) is 5.17. The molecular formula is C9H11N2OP. The Hall–Kier alpha value is -1.21. The highest BCUT2D eigenvalue weighted by Crippen LogP contribution is 2.08. The summed E-state index contributed by atoms with van der Waals surface area (Å²) in [5.74, 6) is -0.453. The van der Waals surface area contributed by atoms with E-state index in [1.807, 2.05) is 19.1 Å². The van der Waals surface area contributed by atoms with Crippen LogP contribution in [0.5, 0.6) is 0 Å². The van der Waals surface area contributed by atoms with Crippen LogP contribution in [0.15, 0.2) is 18.3 Å². The molecule has 0 aliphatic carbocycles. The molecule has 1 aromatic heterocycles. The van der Waals surface area contributed by atoms with E-state index >= 15 is 0 Å². The van der Waals surface area contributed by atoms with Crippen LogP contribution < -0.4 is 11.2 Å². The molecule has 0 saturated carbocycles. The van der Waals surface area contributed by atoms with E-state index in [-0.39, 0.29) is 0 Å². The lowest BCUT2D eigenvalue weighted by molar-refractivity contribution is 0.1000. The number of pyridine rings is 1. The Balaban J connectivity index is 3.26. The third kappa shape index (κ3) is 2.36. The number of nitrogens with zero attached hydrogens (tertiary/aromatic N) is 1. The van der Waals surface area contributed by atoms with Crippen molar-refractivity contribution in [2.75, 3.05) is 0 Å². The maximum atomic E-state index is 10.9. The fourth-order valence-electron chi connectivity index (χ4n) is 1.01. The molecule has 0 fully saturated rings. The first-order valence-electron chi connectivity index (χ1n) is 3.83. The van der Waals surface area contributed by atoms with E-state index in [4.69, 9.17) is 5.73 Å². The second-order valence-corrected chi connectivity index (χ2v) is 3.15. The van der Waals surface area contributed by atoms with Crippen molar-refractivity contribution in [3.8, 4) is 0 Å².